The predicted molar refractivity (Wildman–Crippen MR) is 196 cm³/mol. The number of nitrogens with two attached hydrogens (primary N) is 2. The van der Waals surface area contributed by atoms with Gasteiger partial charge in [-0.25, -0.2) is 0 Å². The Labute approximate surface area is 270 Å². The first-order valence-electron chi connectivity index (χ1n) is 15.0. The van der Waals surface area contributed by atoms with Crippen LogP contribution in [0.4, 0.5) is 34.1 Å². The lowest BCUT2D eigenvalue weighted by Crippen LogP contribution is -2.11. The number of rotatable bonds is 10. The van der Waals surface area contributed by atoms with E-state index in [1.807, 2.05) is 158 Å². The highest BCUT2D eigenvalue weighted by atomic mass is 15.1. The van der Waals surface area contributed by atoms with E-state index >= 15 is 0 Å². The molecule has 0 fully saturated rings. The second-order valence-corrected chi connectivity index (χ2v) is 10.1. The van der Waals surface area contributed by atoms with Crippen LogP contribution in [0.3, 0.4) is 0 Å². The van der Waals surface area contributed by atoms with Gasteiger partial charge in [-0.3, -0.25) is 0 Å². The Morgan fingerprint density at radius 2 is 0.756 bits per heavy atom. The van der Waals surface area contributed by atoms with Gasteiger partial charge in [0.2, 0.25) is 0 Å². The molecule has 45 heavy (non-hydrogen) atoms. The molecule has 6 aromatic carbocycles. The number of hydrogen-bond donors (Lipinski definition) is 6. The molecule has 0 radical (unpaired) electrons. The van der Waals surface area contributed by atoms with Crippen molar-refractivity contribution >= 4 is 34.1 Å². The van der Waals surface area contributed by atoms with Crippen molar-refractivity contribution in [1.82, 2.24) is 0 Å². The van der Waals surface area contributed by atoms with Gasteiger partial charge in [0, 0.05) is 47.2 Å². The van der Waals surface area contributed by atoms with Gasteiger partial charge in [0.15, 0.2) is 0 Å². The lowest BCUT2D eigenvalue weighted by molar-refractivity contribution is 1.15. The lowest BCUT2D eigenvalue weighted by atomic mass is 10.2. The minimum absolute atomic E-state index is 0. The van der Waals surface area contributed by atoms with Crippen LogP contribution in [-0.2, 0) is 13.1 Å². The van der Waals surface area contributed by atoms with Crippen LogP contribution in [0, 0.1) is 0 Å². The standard InChI is InChI=1S/3C13H14N2/c1-3-7-12(8-4-1)14-11-15-13-9-5-2-6-10-13;14-13-9-5-4-6-11(13)10-15-12-7-2-1-3-8-12;14-12-8-6-11(7-9-12)10-15-13-4-2-1-3-5-13/h1-10,14-15H,11H2;2*1-9,15H,10,14H2/p+2. The summed E-state index contributed by atoms with van der Waals surface area (Å²) < 4.78 is 0. The molecule has 0 bridgehead atoms. The summed E-state index contributed by atoms with van der Waals surface area (Å²) in [6, 6.07) is 56.3. The third-order valence-corrected chi connectivity index (χ3v) is 6.69. The predicted octanol–water partition coefficient (Wildman–Crippen LogP) is 9.15. The van der Waals surface area contributed by atoms with E-state index in [4.69, 9.17) is 11.5 Å². The molecular formula is C39H44N6+2. The van der Waals surface area contributed by atoms with E-state index in [-0.39, 0.29) is 2.85 Å². The molecule has 0 saturated heterocycles. The van der Waals surface area contributed by atoms with Crippen LogP contribution in [0.25, 0.3) is 0 Å². The molecule has 0 unspecified atom stereocenters. The Hall–Kier alpha value is -5.88. The normalized spacial score (nSPS) is 9.78. The Morgan fingerprint density at radius 3 is 1.20 bits per heavy atom. The zero-order valence-corrected chi connectivity index (χ0v) is 25.4. The molecule has 0 aliphatic rings. The number of benzene rings is 6. The average molecular weight is 597 g/mol. The van der Waals surface area contributed by atoms with Crippen molar-refractivity contribution in [2.24, 2.45) is 0 Å². The number of para-hydroxylation sites is 5. The molecule has 0 aliphatic carbocycles. The maximum atomic E-state index is 5.84. The average Bonchev–Trinajstić information content (AvgIpc) is 3.10. The zero-order chi connectivity index (χ0) is 31.4. The van der Waals surface area contributed by atoms with Gasteiger partial charge < -0.3 is 32.7 Å². The molecule has 0 amide bonds. The molecule has 0 saturated carbocycles. The van der Waals surface area contributed by atoms with Gasteiger partial charge in [-0.05, 0) is 77.9 Å². The van der Waals surface area contributed by atoms with E-state index in [1.54, 1.807) is 0 Å². The van der Waals surface area contributed by atoms with E-state index in [0.717, 1.165) is 59.4 Å². The molecular weight excluding hydrogens is 552 g/mol. The quantitative estimate of drug-likeness (QED) is 0.0697. The van der Waals surface area contributed by atoms with Crippen molar-refractivity contribution < 1.29 is 2.85 Å². The third kappa shape index (κ3) is 12.5. The summed E-state index contributed by atoms with van der Waals surface area (Å²) in [6.07, 6.45) is 0. The topological polar surface area (TPSA) is 100 Å². The minimum Gasteiger partial charge on any atom is -0.399 e. The molecule has 228 valence electrons. The first kappa shape index (κ1) is 32.0. The van der Waals surface area contributed by atoms with Crippen LogP contribution >= 0.6 is 0 Å². The fraction of sp³-hybridized carbons (Fsp3) is 0.0769. The number of hydrogen-bond acceptors (Lipinski definition) is 6. The van der Waals surface area contributed by atoms with Crippen LogP contribution in [0.15, 0.2) is 170 Å². The highest BCUT2D eigenvalue weighted by Gasteiger charge is 1.97. The zero-order valence-electron chi connectivity index (χ0n) is 27.4. The fourth-order valence-corrected chi connectivity index (χ4v) is 4.20. The largest absolute Gasteiger partial charge is 1.00 e. The molecule has 0 spiro atoms. The van der Waals surface area contributed by atoms with E-state index < -0.39 is 0 Å². The minimum atomic E-state index is 0. The second-order valence-electron chi connectivity index (χ2n) is 10.1. The summed E-state index contributed by atoms with van der Waals surface area (Å²) in [4.78, 5) is 0. The number of nitrogens with one attached hydrogen (secondary N) is 4. The van der Waals surface area contributed by atoms with E-state index in [1.165, 1.54) is 5.56 Å². The lowest BCUT2D eigenvalue weighted by Gasteiger charge is -2.08. The number of nitrogen functional groups attached to an aromatic ring is 2. The molecule has 6 rings (SSSR count). The maximum Gasteiger partial charge on any atom is 1.00 e. The first-order chi connectivity index (χ1) is 22.2. The van der Waals surface area contributed by atoms with E-state index in [2.05, 4.69) is 33.4 Å². The van der Waals surface area contributed by atoms with Crippen LogP contribution in [0.1, 0.15) is 14.0 Å². The SMILES string of the molecule is Nc1ccc(CNc2ccccc2)cc1.Nc1ccccc1CNc1ccccc1.[H+].[H+].c1ccc(NCNc2ccccc2)cc1. The molecule has 8 N–H and O–H groups in total. The summed E-state index contributed by atoms with van der Waals surface area (Å²) in [6.45, 7) is 2.31. The van der Waals surface area contributed by atoms with Gasteiger partial charge in [-0.15, -0.1) is 0 Å². The summed E-state index contributed by atoms with van der Waals surface area (Å²) in [7, 11) is 0. The maximum absolute atomic E-state index is 5.84. The van der Waals surface area contributed by atoms with Gasteiger partial charge >= 0.3 is 2.85 Å². The van der Waals surface area contributed by atoms with Gasteiger partial charge in [-0.1, -0.05) is 103 Å². The fourth-order valence-electron chi connectivity index (χ4n) is 4.20. The monoisotopic (exact) mass is 596 g/mol. The van der Waals surface area contributed by atoms with Crippen molar-refractivity contribution in [3.05, 3.63) is 181 Å². The van der Waals surface area contributed by atoms with E-state index in [9.17, 15) is 0 Å². The van der Waals surface area contributed by atoms with Crippen molar-refractivity contribution in [3.63, 3.8) is 0 Å². The van der Waals surface area contributed by atoms with E-state index in [0.29, 0.717) is 0 Å². The van der Waals surface area contributed by atoms with Crippen LogP contribution in [-0.4, -0.2) is 6.67 Å². The molecule has 0 aliphatic heterocycles. The van der Waals surface area contributed by atoms with Crippen LogP contribution in [0.2, 0.25) is 0 Å². The van der Waals surface area contributed by atoms with Crippen molar-refractivity contribution in [2.75, 3.05) is 39.4 Å². The van der Waals surface area contributed by atoms with Crippen molar-refractivity contribution in [3.8, 4) is 0 Å². The molecule has 0 atom stereocenters. The second kappa shape index (κ2) is 18.6. The summed E-state index contributed by atoms with van der Waals surface area (Å²) >= 11 is 0. The molecule has 6 heteroatoms. The summed E-state index contributed by atoms with van der Waals surface area (Å²) in [5, 5.41) is 13.2. The van der Waals surface area contributed by atoms with Gasteiger partial charge in [0.05, 0.1) is 6.67 Å². The van der Waals surface area contributed by atoms with Crippen LogP contribution in [0.5, 0.6) is 0 Å². The third-order valence-electron chi connectivity index (χ3n) is 6.69. The summed E-state index contributed by atoms with van der Waals surface area (Å²) in [5.41, 5.74) is 19.9. The van der Waals surface area contributed by atoms with Gasteiger partial charge in [-0.2, -0.15) is 0 Å². The highest BCUT2D eigenvalue weighted by Crippen LogP contribution is 2.14. The first-order valence-corrected chi connectivity index (χ1v) is 15.0. The van der Waals surface area contributed by atoms with Crippen LogP contribution < -0.4 is 32.7 Å². The van der Waals surface area contributed by atoms with Gasteiger partial charge in [0.25, 0.3) is 0 Å². The highest BCUT2D eigenvalue weighted by molar-refractivity contribution is 5.50. The molecule has 6 aromatic rings. The van der Waals surface area contributed by atoms with Gasteiger partial charge in [0.1, 0.15) is 0 Å². The number of anilines is 6. The van der Waals surface area contributed by atoms with Crippen molar-refractivity contribution in [2.45, 2.75) is 13.1 Å². The molecule has 0 heterocycles. The summed E-state index contributed by atoms with van der Waals surface area (Å²) in [5.74, 6) is 0. The smallest absolute Gasteiger partial charge is 0.399 e. The Kier molecular flexibility index (Phi) is 13.3. The molecule has 0 aromatic heterocycles. The molecule has 6 nitrogen and oxygen atoms in total. The Morgan fingerprint density at radius 1 is 0.378 bits per heavy atom. The van der Waals surface area contributed by atoms with Crippen molar-refractivity contribution in [1.29, 1.82) is 0 Å². The Balaban J connectivity index is 0.000000240. The Bertz CT molecular complexity index is 1580.